The van der Waals surface area contributed by atoms with E-state index in [1.54, 1.807) is 0 Å². The number of hydrogen-bond donors (Lipinski definition) is 4. The van der Waals surface area contributed by atoms with Crippen LogP contribution in [-0.2, 0) is 19.2 Å². The topological polar surface area (TPSA) is 155 Å². The number of rotatable bonds is 6. The standard InChI is InChI=1S/C8H11NO7/c1-2-3(4(10)11)8(5(9)12,6(13)14)7(15)16/h3H,2H2,1H3,(H2,9,12)(H,10,11)(H,13,14)(H,15,16). The third-order valence-corrected chi connectivity index (χ3v) is 2.29. The van der Waals surface area contributed by atoms with E-state index >= 15 is 0 Å². The zero-order chi connectivity index (χ0) is 13.1. The molecule has 1 atom stereocenters. The molecule has 0 aromatic rings. The van der Waals surface area contributed by atoms with Gasteiger partial charge in [-0.2, -0.15) is 0 Å². The summed E-state index contributed by atoms with van der Waals surface area (Å²) in [5.74, 6) is -9.49. The average Bonchev–Trinajstić information content (AvgIpc) is 2.10. The monoisotopic (exact) mass is 233 g/mol. The van der Waals surface area contributed by atoms with Crippen LogP contribution in [0.2, 0.25) is 0 Å². The van der Waals surface area contributed by atoms with Crippen LogP contribution >= 0.6 is 0 Å². The smallest absolute Gasteiger partial charge is 0.331 e. The number of nitrogens with two attached hydrogens (primary N) is 1. The molecule has 8 heteroatoms. The van der Waals surface area contributed by atoms with E-state index in [2.05, 4.69) is 0 Å². The van der Waals surface area contributed by atoms with Crippen LogP contribution in [-0.4, -0.2) is 39.1 Å². The summed E-state index contributed by atoms with van der Waals surface area (Å²) < 4.78 is 0. The molecule has 16 heavy (non-hydrogen) atoms. The molecule has 0 rings (SSSR count). The zero-order valence-electron chi connectivity index (χ0n) is 8.34. The predicted octanol–water partition coefficient (Wildman–Crippen LogP) is -1.26. The van der Waals surface area contributed by atoms with Gasteiger partial charge in [-0.3, -0.25) is 19.2 Å². The van der Waals surface area contributed by atoms with Crippen LogP contribution in [0.25, 0.3) is 0 Å². The Morgan fingerprint density at radius 2 is 1.50 bits per heavy atom. The number of primary amides is 1. The quantitative estimate of drug-likeness (QED) is 0.417. The Hall–Kier alpha value is -2.12. The van der Waals surface area contributed by atoms with E-state index in [1.807, 2.05) is 0 Å². The highest BCUT2D eigenvalue weighted by atomic mass is 16.4. The second-order valence-corrected chi connectivity index (χ2v) is 3.08. The molecule has 0 radical (unpaired) electrons. The summed E-state index contributed by atoms with van der Waals surface area (Å²) in [6.07, 6.45) is -0.350. The minimum atomic E-state index is -3.14. The van der Waals surface area contributed by atoms with Gasteiger partial charge in [0.1, 0.15) is 0 Å². The summed E-state index contributed by atoms with van der Waals surface area (Å²) in [7, 11) is 0. The van der Waals surface area contributed by atoms with Gasteiger partial charge in [-0.25, -0.2) is 0 Å². The van der Waals surface area contributed by atoms with E-state index in [-0.39, 0.29) is 6.42 Å². The van der Waals surface area contributed by atoms with Gasteiger partial charge in [0.25, 0.3) is 5.41 Å². The van der Waals surface area contributed by atoms with Crippen LogP contribution < -0.4 is 5.73 Å². The Kier molecular flexibility index (Phi) is 3.99. The molecule has 0 aromatic heterocycles. The Bertz CT molecular complexity index is 312. The maximum absolute atomic E-state index is 11.0. The molecule has 0 bridgehead atoms. The van der Waals surface area contributed by atoms with Gasteiger partial charge in [0.2, 0.25) is 5.91 Å². The molecule has 0 fully saturated rings. The van der Waals surface area contributed by atoms with Crippen molar-refractivity contribution in [3.63, 3.8) is 0 Å². The van der Waals surface area contributed by atoms with Crippen LogP contribution in [0.5, 0.6) is 0 Å². The van der Waals surface area contributed by atoms with E-state index in [4.69, 9.17) is 21.1 Å². The van der Waals surface area contributed by atoms with Gasteiger partial charge in [0.15, 0.2) is 0 Å². The summed E-state index contributed by atoms with van der Waals surface area (Å²) in [4.78, 5) is 43.5. The largest absolute Gasteiger partial charge is 0.481 e. The lowest BCUT2D eigenvalue weighted by Crippen LogP contribution is -2.57. The number of amides is 1. The van der Waals surface area contributed by atoms with Crippen molar-refractivity contribution in [3.8, 4) is 0 Å². The lowest BCUT2D eigenvalue weighted by Gasteiger charge is -2.26. The van der Waals surface area contributed by atoms with Crippen molar-refractivity contribution < 1.29 is 34.5 Å². The summed E-state index contributed by atoms with van der Waals surface area (Å²) in [5, 5.41) is 26.3. The van der Waals surface area contributed by atoms with Gasteiger partial charge >= 0.3 is 17.9 Å². The van der Waals surface area contributed by atoms with E-state index in [9.17, 15) is 19.2 Å². The average molecular weight is 233 g/mol. The summed E-state index contributed by atoms with van der Waals surface area (Å²) in [5.41, 5.74) is 1.59. The first-order valence-corrected chi connectivity index (χ1v) is 4.22. The van der Waals surface area contributed by atoms with Crippen molar-refractivity contribution in [2.24, 2.45) is 17.1 Å². The van der Waals surface area contributed by atoms with E-state index < -0.39 is 35.1 Å². The highest BCUT2D eigenvalue weighted by molar-refractivity contribution is 6.20. The summed E-state index contributed by atoms with van der Waals surface area (Å²) >= 11 is 0. The third-order valence-electron chi connectivity index (χ3n) is 2.29. The maximum atomic E-state index is 11.0. The fourth-order valence-corrected chi connectivity index (χ4v) is 1.44. The molecule has 0 aliphatic heterocycles. The number of hydrogen-bond acceptors (Lipinski definition) is 4. The Balaban J connectivity index is 5.88. The molecule has 0 saturated heterocycles. The molecule has 0 aliphatic rings. The fraction of sp³-hybridized carbons (Fsp3) is 0.500. The number of carbonyl (C=O) groups excluding carboxylic acids is 1. The molecule has 0 aromatic carbocycles. The van der Waals surface area contributed by atoms with Crippen molar-refractivity contribution in [1.82, 2.24) is 0 Å². The van der Waals surface area contributed by atoms with Gasteiger partial charge in [-0.15, -0.1) is 0 Å². The predicted molar refractivity (Wildman–Crippen MR) is 48.3 cm³/mol. The highest BCUT2D eigenvalue weighted by Gasteiger charge is 2.60. The van der Waals surface area contributed by atoms with Gasteiger partial charge in [-0.1, -0.05) is 6.92 Å². The first-order chi connectivity index (χ1) is 7.22. The fourth-order valence-electron chi connectivity index (χ4n) is 1.44. The lowest BCUT2D eigenvalue weighted by molar-refractivity contribution is -0.178. The van der Waals surface area contributed by atoms with Crippen LogP contribution in [0, 0.1) is 11.3 Å². The van der Waals surface area contributed by atoms with E-state index in [0.717, 1.165) is 0 Å². The third kappa shape index (κ3) is 1.81. The number of carboxylic acid groups (broad SMARTS) is 3. The van der Waals surface area contributed by atoms with Gasteiger partial charge in [-0.05, 0) is 6.42 Å². The summed E-state index contributed by atoms with van der Waals surface area (Å²) in [6.45, 7) is 1.25. The molecular weight excluding hydrogens is 222 g/mol. The highest BCUT2D eigenvalue weighted by Crippen LogP contribution is 2.31. The number of carboxylic acids is 3. The second-order valence-electron chi connectivity index (χ2n) is 3.08. The minimum absolute atomic E-state index is 0.350. The molecule has 5 N–H and O–H groups in total. The molecular formula is C8H11NO7. The molecule has 0 saturated carbocycles. The van der Waals surface area contributed by atoms with Crippen LogP contribution in [0.3, 0.4) is 0 Å². The van der Waals surface area contributed by atoms with Crippen molar-refractivity contribution >= 4 is 23.8 Å². The van der Waals surface area contributed by atoms with Crippen molar-refractivity contribution in [2.75, 3.05) is 0 Å². The Morgan fingerprint density at radius 1 is 1.12 bits per heavy atom. The zero-order valence-corrected chi connectivity index (χ0v) is 8.34. The van der Waals surface area contributed by atoms with E-state index in [1.165, 1.54) is 6.92 Å². The maximum Gasteiger partial charge on any atom is 0.331 e. The minimum Gasteiger partial charge on any atom is -0.481 e. The molecule has 90 valence electrons. The first kappa shape index (κ1) is 13.9. The van der Waals surface area contributed by atoms with Crippen LogP contribution in [0.1, 0.15) is 13.3 Å². The summed E-state index contributed by atoms with van der Waals surface area (Å²) in [6, 6.07) is 0. The van der Waals surface area contributed by atoms with Gasteiger partial charge < -0.3 is 21.1 Å². The van der Waals surface area contributed by atoms with Gasteiger partial charge in [0.05, 0.1) is 5.92 Å². The molecule has 0 spiro atoms. The van der Waals surface area contributed by atoms with Crippen LogP contribution in [0.15, 0.2) is 0 Å². The SMILES string of the molecule is CCC(C(=O)O)C(C(N)=O)(C(=O)O)C(=O)O. The lowest BCUT2D eigenvalue weighted by atomic mass is 9.73. The molecule has 0 heterocycles. The van der Waals surface area contributed by atoms with Gasteiger partial charge in [0, 0.05) is 0 Å². The Labute approximate surface area is 89.7 Å². The van der Waals surface area contributed by atoms with Crippen molar-refractivity contribution in [3.05, 3.63) is 0 Å². The Morgan fingerprint density at radius 3 is 1.56 bits per heavy atom. The number of aliphatic carboxylic acids is 3. The molecule has 1 amide bonds. The normalized spacial score (nSPS) is 12.8. The van der Waals surface area contributed by atoms with E-state index in [0.29, 0.717) is 0 Å². The molecule has 0 aliphatic carbocycles. The molecule has 1 unspecified atom stereocenters. The second kappa shape index (κ2) is 4.60. The van der Waals surface area contributed by atoms with Crippen molar-refractivity contribution in [1.29, 1.82) is 0 Å². The van der Waals surface area contributed by atoms with Crippen LogP contribution in [0.4, 0.5) is 0 Å². The molecule has 8 nitrogen and oxygen atoms in total. The number of carbonyl (C=O) groups is 4. The van der Waals surface area contributed by atoms with Crippen molar-refractivity contribution in [2.45, 2.75) is 13.3 Å². The first-order valence-electron chi connectivity index (χ1n) is 4.22.